The predicted octanol–water partition coefficient (Wildman–Crippen LogP) is 5.88. The molecule has 204 valence electrons. The highest BCUT2D eigenvalue weighted by molar-refractivity contribution is 7.91. The van der Waals surface area contributed by atoms with E-state index in [1.54, 1.807) is 41.8 Å². The second kappa shape index (κ2) is 12.5. The summed E-state index contributed by atoms with van der Waals surface area (Å²) >= 11 is 1.18. The van der Waals surface area contributed by atoms with Crippen LogP contribution in [0.4, 0.5) is 0 Å². The van der Waals surface area contributed by atoms with Gasteiger partial charge in [0.2, 0.25) is 0 Å². The summed E-state index contributed by atoms with van der Waals surface area (Å²) in [6, 6.07) is 24.3. The molecule has 0 radical (unpaired) electrons. The maximum absolute atomic E-state index is 13.5. The van der Waals surface area contributed by atoms with E-state index in [1.807, 2.05) is 24.3 Å². The lowest BCUT2D eigenvalue weighted by atomic mass is 9.90. The van der Waals surface area contributed by atoms with E-state index in [-0.39, 0.29) is 17.3 Å². The summed E-state index contributed by atoms with van der Waals surface area (Å²) in [7, 11) is -3.73. The molecule has 0 aliphatic heterocycles. The Morgan fingerprint density at radius 1 is 0.850 bits per heavy atom. The van der Waals surface area contributed by atoms with Crippen LogP contribution in [0, 0.1) is 11.8 Å². The molecule has 0 saturated heterocycles. The molecule has 0 saturated carbocycles. The quantitative estimate of drug-likeness (QED) is 0.254. The number of carbonyl (C=O) groups is 1. The molecule has 3 aromatic carbocycles. The first-order chi connectivity index (χ1) is 19.4. The molecule has 1 heterocycles. The summed E-state index contributed by atoms with van der Waals surface area (Å²) in [5, 5.41) is 10.5. The fourth-order valence-corrected chi connectivity index (χ4v) is 7.22. The molecule has 40 heavy (non-hydrogen) atoms. The van der Waals surface area contributed by atoms with Gasteiger partial charge in [0.25, 0.3) is 10.0 Å². The number of fused-ring (bicyclic) bond motifs is 1. The number of ether oxygens (including phenoxy) is 1. The van der Waals surface area contributed by atoms with E-state index in [9.17, 15) is 13.2 Å². The van der Waals surface area contributed by atoms with Crippen molar-refractivity contribution < 1.29 is 23.1 Å². The van der Waals surface area contributed by atoms with Crippen LogP contribution in [0.3, 0.4) is 0 Å². The molecule has 1 N–H and O–H groups in total. The number of rotatable bonds is 9. The first-order valence-electron chi connectivity index (χ1n) is 13.1. The highest BCUT2D eigenvalue weighted by atomic mass is 32.2. The lowest BCUT2D eigenvalue weighted by Crippen LogP contribution is -2.29. The number of benzene rings is 3. The Hall–Kier alpha value is -3.90. The van der Waals surface area contributed by atoms with E-state index < -0.39 is 22.6 Å². The van der Waals surface area contributed by atoms with Crippen LogP contribution in [0.25, 0.3) is 0 Å². The van der Waals surface area contributed by atoms with Crippen LogP contribution >= 0.6 is 11.3 Å². The number of carboxylic acids is 1. The minimum absolute atomic E-state index is 0.152. The van der Waals surface area contributed by atoms with Gasteiger partial charge in [-0.15, -0.1) is 11.3 Å². The second-order valence-corrected chi connectivity index (χ2v) is 12.8. The minimum atomic E-state index is -3.73. The van der Waals surface area contributed by atoms with Gasteiger partial charge in [-0.05, 0) is 95.8 Å². The average Bonchev–Trinajstić information content (AvgIpc) is 3.52. The third kappa shape index (κ3) is 6.99. The SMILES string of the molecule is O=C(O)COc1ccc(CN(Cc2ccc(C#Cc3ccc4c(c3)CCCC4)cc2)S(=O)(=O)c2cccs2)cc1. The fraction of sp³-hybridized carbons (Fsp3) is 0.219. The van der Waals surface area contributed by atoms with Gasteiger partial charge < -0.3 is 9.84 Å². The second-order valence-electron chi connectivity index (χ2n) is 9.67. The number of thiophene rings is 1. The zero-order valence-electron chi connectivity index (χ0n) is 21.9. The van der Waals surface area contributed by atoms with Crippen molar-refractivity contribution in [2.45, 2.75) is 43.0 Å². The summed E-state index contributed by atoms with van der Waals surface area (Å²) in [5.41, 5.74) is 6.33. The Bertz CT molecular complexity index is 1630. The van der Waals surface area contributed by atoms with Crippen LogP contribution in [0.1, 0.15) is 46.2 Å². The number of sulfonamides is 1. The van der Waals surface area contributed by atoms with Gasteiger partial charge in [-0.2, -0.15) is 4.31 Å². The first-order valence-corrected chi connectivity index (χ1v) is 15.4. The highest BCUT2D eigenvalue weighted by Crippen LogP contribution is 2.26. The zero-order chi connectivity index (χ0) is 28.0. The van der Waals surface area contributed by atoms with Gasteiger partial charge in [0, 0.05) is 24.2 Å². The van der Waals surface area contributed by atoms with E-state index in [2.05, 4.69) is 30.0 Å². The molecule has 0 fully saturated rings. The lowest BCUT2D eigenvalue weighted by Gasteiger charge is -2.22. The van der Waals surface area contributed by atoms with E-state index >= 15 is 0 Å². The van der Waals surface area contributed by atoms with Crippen molar-refractivity contribution in [3.63, 3.8) is 0 Å². The number of hydrogen-bond donors (Lipinski definition) is 1. The molecule has 1 aromatic heterocycles. The van der Waals surface area contributed by atoms with Crippen LogP contribution in [0.2, 0.25) is 0 Å². The third-order valence-corrected chi connectivity index (χ3v) is 9.91. The van der Waals surface area contributed by atoms with E-state index in [4.69, 9.17) is 9.84 Å². The Labute approximate surface area is 238 Å². The molecule has 0 atom stereocenters. The van der Waals surface area contributed by atoms with Crippen LogP contribution in [0.15, 0.2) is 88.5 Å². The summed E-state index contributed by atoms with van der Waals surface area (Å²) in [5.74, 6) is 5.85. The van der Waals surface area contributed by atoms with Crippen LogP contribution in [-0.2, 0) is 40.7 Å². The first kappa shape index (κ1) is 27.7. The fourth-order valence-electron chi connectivity index (χ4n) is 4.66. The Balaban J connectivity index is 1.32. The van der Waals surface area contributed by atoms with E-state index in [0.717, 1.165) is 35.1 Å². The molecule has 8 heteroatoms. The van der Waals surface area contributed by atoms with Gasteiger partial charge in [0.15, 0.2) is 6.61 Å². The topological polar surface area (TPSA) is 83.9 Å². The number of hydrogen-bond acceptors (Lipinski definition) is 5. The van der Waals surface area contributed by atoms with Crippen molar-refractivity contribution in [2.75, 3.05) is 6.61 Å². The van der Waals surface area contributed by atoms with Gasteiger partial charge in [0.05, 0.1) is 0 Å². The van der Waals surface area contributed by atoms with E-state index in [1.165, 1.54) is 39.6 Å². The maximum atomic E-state index is 13.5. The number of nitrogens with zero attached hydrogens (tertiary/aromatic N) is 1. The van der Waals surface area contributed by atoms with Crippen LogP contribution < -0.4 is 4.74 Å². The molecule has 0 bridgehead atoms. The average molecular weight is 572 g/mol. The Kier molecular flexibility index (Phi) is 8.66. The normalized spacial score (nSPS) is 12.8. The third-order valence-electron chi connectivity index (χ3n) is 6.75. The van der Waals surface area contributed by atoms with Crippen molar-refractivity contribution in [1.82, 2.24) is 4.31 Å². The molecule has 0 unspecified atom stereocenters. The Morgan fingerprint density at radius 2 is 1.48 bits per heavy atom. The van der Waals surface area contributed by atoms with Crippen molar-refractivity contribution in [2.24, 2.45) is 0 Å². The molecule has 1 aliphatic rings. The minimum Gasteiger partial charge on any atom is -0.482 e. The van der Waals surface area contributed by atoms with Crippen LogP contribution in [0.5, 0.6) is 5.75 Å². The summed E-state index contributed by atoms with van der Waals surface area (Å²) < 4.78 is 33.9. The smallest absolute Gasteiger partial charge is 0.341 e. The van der Waals surface area contributed by atoms with Gasteiger partial charge in [-0.1, -0.05) is 48.2 Å². The van der Waals surface area contributed by atoms with Gasteiger partial charge in [-0.3, -0.25) is 0 Å². The molecule has 5 rings (SSSR count). The molecular formula is C32H29NO5S2. The van der Waals surface area contributed by atoms with Gasteiger partial charge >= 0.3 is 5.97 Å². The maximum Gasteiger partial charge on any atom is 0.341 e. The van der Waals surface area contributed by atoms with Crippen molar-refractivity contribution >= 4 is 27.3 Å². The summed E-state index contributed by atoms with van der Waals surface area (Å²) in [6.07, 6.45) is 4.76. The lowest BCUT2D eigenvalue weighted by molar-refractivity contribution is -0.139. The number of aryl methyl sites for hydroxylation is 2. The molecule has 1 aliphatic carbocycles. The van der Waals surface area contributed by atoms with Crippen molar-refractivity contribution in [3.05, 3.63) is 118 Å². The monoisotopic (exact) mass is 571 g/mol. The predicted molar refractivity (Wildman–Crippen MR) is 156 cm³/mol. The van der Waals surface area contributed by atoms with Crippen molar-refractivity contribution in [1.29, 1.82) is 0 Å². The number of aliphatic carboxylic acids is 1. The Morgan fingerprint density at radius 3 is 2.12 bits per heavy atom. The zero-order valence-corrected chi connectivity index (χ0v) is 23.5. The van der Waals surface area contributed by atoms with Crippen LogP contribution in [-0.4, -0.2) is 30.4 Å². The highest BCUT2D eigenvalue weighted by Gasteiger charge is 2.26. The molecule has 0 amide bonds. The molecule has 0 spiro atoms. The summed E-state index contributed by atoms with van der Waals surface area (Å²) in [4.78, 5) is 10.7. The largest absolute Gasteiger partial charge is 0.482 e. The molecule has 4 aromatic rings. The van der Waals surface area contributed by atoms with Gasteiger partial charge in [-0.25, -0.2) is 13.2 Å². The molecular weight excluding hydrogens is 542 g/mol. The van der Waals surface area contributed by atoms with Gasteiger partial charge in [0.1, 0.15) is 9.96 Å². The van der Waals surface area contributed by atoms with E-state index in [0.29, 0.717) is 5.75 Å². The number of carboxylic acid groups (broad SMARTS) is 1. The summed E-state index contributed by atoms with van der Waals surface area (Å²) in [6.45, 7) is -0.0960. The molecule has 6 nitrogen and oxygen atoms in total. The standard InChI is InChI=1S/C32H29NO5S2/c34-31(35)23-38-30-17-14-27(15-18-30)22-33(40(36,37)32-6-3-19-39-32)21-26-11-8-24(9-12-26)7-10-25-13-16-28-4-1-2-5-29(28)20-25/h3,6,8-9,11-20H,1-2,4-5,21-23H2,(H,34,35). The van der Waals surface area contributed by atoms with Crippen molar-refractivity contribution in [3.8, 4) is 17.6 Å².